The zero-order chi connectivity index (χ0) is 12.4. The molecule has 0 aromatic rings. The van der Waals surface area contributed by atoms with Crippen molar-refractivity contribution in [1.29, 1.82) is 0 Å². The van der Waals surface area contributed by atoms with Crippen molar-refractivity contribution in [2.45, 2.75) is 51.5 Å². The van der Waals surface area contributed by atoms with Crippen LogP contribution >= 0.6 is 0 Å². The van der Waals surface area contributed by atoms with Crippen LogP contribution in [0.1, 0.15) is 45.4 Å². The Kier molecular flexibility index (Phi) is 4.08. The highest BCUT2D eigenvalue weighted by atomic mass is 16.4. The Morgan fingerprint density at radius 2 is 1.88 bits per heavy atom. The average Bonchev–Trinajstić information content (AvgIpc) is 3.11. The zero-order valence-corrected chi connectivity index (χ0v) is 11.1. The fourth-order valence-corrected chi connectivity index (χ4v) is 3.22. The third-order valence-electron chi connectivity index (χ3n) is 4.63. The van der Waals surface area contributed by atoms with Crippen LogP contribution < -0.4 is 0 Å². The van der Waals surface area contributed by atoms with Gasteiger partial charge in [-0.2, -0.15) is 0 Å². The third kappa shape index (κ3) is 3.21. The van der Waals surface area contributed by atoms with Crippen LogP contribution in [-0.2, 0) is 4.79 Å². The van der Waals surface area contributed by atoms with Crippen molar-refractivity contribution in [3.8, 4) is 0 Å². The Balaban J connectivity index is 1.98. The molecule has 3 heteroatoms. The lowest BCUT2D eigenvalue weighted by Crippen LogP contribution is -2.46. The summed E-state index contributed by atoms with van der Waals surface area (Å²) in [5.41, 5.74) is 0. The van der Waals surface area contributed by atoms with Gasteiger partial charge in [-0.3, -0.25) is 4.79 Å². The number of hydrogen-bond acceptors (Lipinski definition) is 2. The molecule has 1 N–H and O–H groups in total. The molecular formula is C14H25NO2. The van der Waals surface area contributed by atoms with Gasteiger partial charge >= 0.3 is 5.97 Å². The fraction of sp³-hybridized carbons (Fsp3) is 0.929. The number of aliphatic carboxylic acids is 1. The Hall–Kier alpha value is -0.570. The summed E-state index contributed by atoms with van der Waals surface area (Å²) in [6.45, 7) is 3.33. The van der Waals surface area contributed by atoms with E-state index in [0.29, 0.717) is 0 Å². The summed E-state index contributed by atoms with van der Waals surface area (Å²) in [6, 6.07) is 0.270. The maximum Gasteiger partial charge on any atom is 0.308 e. The molecule has 98 valence electrons. The van der Waals surface area contributed by atoms with Crippen LogP contribution in [0.3, 0.4) is 0 Å². The highest BCUT2D eigenvalue weighted by molar-refractivity contribution is 5.71. The smallest absolute Gasteiger partial charge is 0.308 e. The minimum Gasteiger partial charge on any atom is -0.481 e. The molecule has 0 aromatic carbocycles. The van der Waals surface area contributed by atoms with Gasteiger partial charge in [-0.1, -0.05) is 13.3 Å². The molecular weight excluding hydrogens is 214 g/mol. The summed E-state index contributed by atoms with van der Waals surface area (Å²) in [6.07, 6.45) is 6.92. The molecule has 2 fully saturated rings. The molecule has 2 aliphatic rings. The van der Waals surface area contributed by atoms with E-state index < -0.39 is 5.97 Å². The summed E-state index contributed by atoms with van der Waals surface area (Å²) in [4.78, 5) is 13.7. The van der Waals surface area contributed by atoms with Crippen molar-refractivity contribution in [3.63, 3.8) is 0 Å². The van der Waals surface area contributed by atoms with E-state index in [2.05, 4.69) is 18.9 Å². The van der Waals surface area contributed by atoms with E-state index >= 15 is 0 Å². The van der Waals surface area contributed by atoms with Crippen molar-refractivity contribution in [2.24, 2.45) is 17.8 Å². The third-order valence-corrected chi connectivity index (χ3v) is 4.63. The summed E-state index contributed by atoms with van der Waals surface area (Å²) < 4.78 is 0. The van der Waals surface area contributed by atoms with Gasteiger partial charge < -0.3 is 10.0 Å². The first kappa shape index (κ1) is 12.9. The van der Waals surface area contributed by atoms with Crippen LogP contribution in [0.2, 0.25) is 0 Å². The number of carboxylic acid groups (broad SMARTS) is 1. The highest BCUT2D eigenvalue weighted by Crippen LogP contribution is 2.36. The number of carbonyl (C=O) groups is 1. The van der Waals surface area contributed by atoms with Crippen molar-refractivity contribution in [1.82, 2.24) is 4.90 Å². The van der Waals surface area contributed by atoms with Crippen LogP contribution in [0, 0.1) is 17.8 Å². The Bertz CT molecular complexity index is 275. The van der Waals surface area contributed by atoms with Crippen molar-refractivity contribution in [3.05, 3.63) is 0 Å². The van der Waals surface area contributed by atoms with E-state index in [0.717, 1.165) is 37.6 Å². The molecule has 3 atom stereocenters. The largest absolute Gasteiger partial charge is 0.481 e. The first-order valence-corrected chi connectivity index (χ1v) is 7.04. The summed E-state index contributed by atoms with van der Waals surface area (Å²) in [5, 5.41) is 9.34. The highest BCUT2D eigenvalue weighted by Gasteiger charge is 2.38. The van der Waals surface area contributed by atoms with Crippen LogP contribution in [0.15, 0.2) is 0 Å². The van der Waals surface area contributed by atoms with E-state index in [9.17, 15) is 9.90 Å². The summed E-state index contributed by atoms with van der Waals surface area (Å²) in [7, 11) is 2.12. The Morgan fingerprint density at radius 3 is 2.41 bits per heavy atom. The first-order chi connectivity index (χ1) is 8.11. The number of carboxylic acids is 1. The second kappa shape index (κ2) is 5.38. The first-order valence-electron chi connectivity index (χ1n) is 7.04. The van der Waals surface area contributed by atoms with Crippen LogP contribution in [-0.4, -0.2) is 35.6 Å². The molecule has 0 aliphatic heterocycles. The monoisotopic (exact) mass is 239 g/mol. The SMILES string of the molecule is CCC1CCC(C(=O)O)C(N(C)CC2CC2)C1. The van der Waals surface area contributed by atoms with Gasteiger partial charge in [0.25, 0.3) is 0 Å². The molecule has 0 radical (unpaired) electrons. The second-order valence-corrected chi connectivity index (χ2v) is 5.98. The van der Waals surface area contributed by atoms with Gasteiger partial charge in [-0.25, -0.2) is 0 Å². The molecule has 0 spiro atoms. The van der Waals surface area contributed by atoms with Gasteiger partial charge in [0, 0.05) is 12.6 Å². The fourth-order valence-electron chi connectivity index (χ4n) is 3.22. The van der Waals surface area contributed by atoms with Gasteiger partial charge in [-0.15, -0.1) is 0 Å². The van der Waals surface area contributed by atoms with Gasteiger partial charge in [-0.05, 0) is 51.0 Å². The molecule has 0 heterocycles. The summed E-state index contributed by atoms with van der Waals surface area (Å²) >= 11 is 0. The standard InChI is InChI=1S/C14H25NO2/c1-3-10-6-7-12(14(16)17)13(8-10)15(2)9-11-4-5-11/h10-13H,3-9H2,1-2H3,(H,16,17). The second-order valence-electron chi connectivity index (χ2n) is 5.98. The quantitative estimate of drug-likeness (QED) is 0.801. The predicted octanol–water partition coefficient (Wildman–Crippen LogP) is 2.61. The molecule has 0 amide bonds. The molecule has 2 saturated carbocycles. The van der Waals surface area contributed by atoms with Crippen LogP contribution in [0.4, 0.5) is 0 Å². The number of hydrogen-bond donors (Lipinski definition) is 1. The van der Waals surface area contributed by atoms with E-state index in [4.69, 9.17) is 0 Å². The van der Waals surface area contributed by atoms with E-state index in [1.165, 1.54) is 19.3 Å². The Morgan fingerprint density at radius 1 is 1.24 bits per heavy atom. The molecule has 0 aromatic heterocycles. The number of rotatable bonds is 5. The van der Waals surface area contributed by atoms with Gasteiger partial charge in [0.2, 0.25) is 0 Å². The molecule has 0 saturated heterocycles. The lowest BCUT2D eigenvalue weighted by molar-refractivity contribution is -0.146. The molecule has 3 unspecified atom stereocenters. The molecule has 2 rings (SSSR count). The molecule has 0 bridgehead atoms. The van der Waals surface area contributed by atoms with Crippen molar-refractivity contribution >= 4 is 5.97 Å². The molecule has 17 heavy (non-hydrogen) atoms. The number of nitrogens with zero attached hydrogens (tertiary/aromatic N) is 1. The normalized spacial score (nSPS) is 33.9. The van der Waals surface area contributed by atoms with Crippen LogP contribution in [0.5, 0.6) is 0 Å². The topological polar surface area (TPSA) is 40.5 Å². The lowest BCUT2D eigenvalue weighted by atomic mass is 9.76. The van der Waals surface area contributed by atoms with E-state index in [1.54, 1.807) is 0 Å². The Labute approximate surface area is 104 Å². The van der Waals surface area contributed by atoms with Gasteiger partial charge in [0.1, 0.15) is 0 Å². The molecule has 2 aliphatic carbocycles. The zero-order valence-electron chi connectivity index (χ0n) is 11.1. The lowest BCUT2D eigenvalue weighted by Gasteiger charge is -2.39. The predicted molar refractivity (Wildman–Crippen MR) is 67.9 cm³/mol. The van der Waals surface area contributed by atoms with E-state index in [-0.39, 0.29) is 12.0 Å². The maximum absolute atomic E-state index is 11.3. The maximum atomic E-state index is 11.3. The van der Waals surface area contributed by atoms with Crippen molar-refractivity contribution < 1.29 is 9.90 Å². The van der Waals surface area contributed by atoms with Crippen molar-refractivity contribution in [2.75, 3.05) is 13.6 Å². The minimum atomic E-state index is -0.591. The van der Waals surface area contributed by atoms with E-state index in [1.807, 2.05) is 0 Å². The molecule has 3 nitrogen and oxygen atoms in total. The summed E-state index contributed by atoms with van der Waals surface area (Å²) in [5.74, 6) is 0.849. The minimum absolute atomic E-state index is 0.137. The van der Waals surface area contributed by atoms with Gasteiger partial charge in [0.05, 0.1) is 5.92 Å². The average molecular weight is 239 g/mol. The van der Waals surface area contributed by atoms with Crippen LogP contribution in [0.25, 0.3) is 0 Å². The van der Waals surface area contributed by atoms with Gasteiger partial charge in [0.15, 0.2) is 0 Å².